The zero-order valence-corrected chi connectivity index (χ0v) is 23.0. The highest BCUT2D eigenvalue weighted by atomic mass is 16.6. The van der Waals surface area contributed by atoms with Crippen LogP contribution in [0.1, 0.15) is 49.7 Å². The van der Waals surface area contributed by atoms with Crippen LogP contribution in [0.5, 0.6) is 23.0 Å². The van der Waals surface area contributed by atoms with Gasteiger partial charge in [0.05, 0.1) is 33.5 Å². The van der Waals surface area contributed by atoms with Crippen molar-refractivity contribution in [1.82, 2.24) is 5.32 Å². The first-order chi connectivity index (χ1) is 18.8. The van der Waals surface area contributed by atoms with Crippen LogP contribution in [0.4, 0.5) is 0 Å². The van der Waals surface area contributed by atoms with Crippen LogP contribution in [0.25, 0.3) is 0 Å². The predicted molar refractivity (Wildman–Crippen MR) is 144 cm³/mol. The minimum Gasteiger partial charge on any atom is -0.504 e. The Morgan fingerprint density at radius 1 is 0.949 bits per heavy atom. The first kappa shape index (κ1) is 28.0. The van der Waals surface area contributed by atoms with Crippen molar-refractivity contribution in [1.29, 1.82) is 0 Å². The number of allylic oxidation sites excluding steroid dienone is 3. The van der Waals surface area contributed by atoms with Crippen LogP contribution in [0.2, 0.25) is 0 Å². The van der Waals surface area contributed by atoms with Crippen molar-refractivity contribution in [3.63, 3.8) is 0 Å². The fraction of sp³-hybridized carbons (Fsp3) is 0.400. The summed E-state index contributed by atoms with van der Waals surface area (Å²) in [5, 5.41) is 13.9. The second kappa shape index (κ2) is 12.3. The molecule has 0 bridgehead atoms. The zero-order chi connectivity index (χ0) is 28.1. The molecule has 1 aliphatic carbocycles. The van der Waals surface area contributed by atoms with Gasteiger partial charge in [0.25, 0.3) is 0 Å². The Bertz CT molecular complexity index is 1310. The third-order valence-electron chi connectivity index (χ3n) is 7.13. The fourth-order valence-electron chi connectivity index (χ4n) is 5.29. The molecule has 0 radical (unpaired) electrons. The molecule has 0 spiro atoms. The standard InChI is InChI=1S/C30H35NO8/c1-6-38-11-12-39-30(34)27-17(2)31-21-13-20(18-7-10-25(36-4)26(16-18)37-5)15-23(33)29(21)28(27)19-8-9-24(35-3)22(32)14-19/h7-10,14,16,20,28,31-32H,6,11-13,15H2,1-5H3/t20-,28-/m1/s1. The molecule has 2 N–H and O–H groups in total. The highest BCUT2D eigenvalue weighted by Gasteiger charge is 2.41. The number of dihydropyridines is 1. The van der Waals surface area contributed by atoms with Crippen molar-refractivity contribution in [2.75, 3.05) is 41.2 Å². The number of benzene rings is 2. The lowest BCUT2D eigenvalue weighted by molar-refractivity contribution is -0.140. The van der Waals surface area contributed by atoms with Gasteiger partial charge in [0.15, 0.2) is 28.8 Å². The fourth-order valence-corrected chi connectivity index (χ4v) is 5.29. The number of rotatable bonds is 10. The van der Waals surface area contributed by atoms with Gasteiger partial charge < -0.3 is 34.1 Å². The van der Waals surface area contributed by atoms with E-state index in [-0.39, 0.29) is 37.1 Å². The van der Waals surface area contributed by atoms with E-state index in [0.29, 0.717) is 52.7 Å². The maximum Gasteiger partial charge on any atom is 0.336 e. The molecule has 1 heterocycles. The normalized spacial score (nSPS) is 18.8. The third kappa shape index (κ3) is 5.73. The Balaban J connectivity index is 1.74. The van der Waals surface area contributed by atoms with Crippen molar-refractivity contribution in [2.24, 2.45) is 0 Å². The Kier molecular flexibility index (Phi) is 8.81. The smallest absolute Gasteiger partial charge is 0.336 e. The molecule has 9 heteroatoms. The lowest BCUT2D eigenvalue weighted by Crippen LogP contribution is -2.36. The van der Waals surface area contributed by atoms with E-state index in [9.17, 15) is 14.7 Å². The lowest BCUT2D eigenvalue weighted by atomic mass is 9.71. The molecule has 0 amide bonds. The van der Waals surface area contributed by atoms with E-state index in [1.165, 1.54) is 13.2 Å². The van der Waals surface area contributed by atoms with E-state index in [4.69, 9.17) is 23.7 Å². The van der Waals surface area contributed by atoms with E-state index in [0.717, 1.165) is 11.3 Å². The summed E-state index contributed by atoms with van der Waals surface area (Å²) < 4.78 is 26.9. The number of phenolic OH excluding ortho intramolecular Hbond substituents is 1. The van der Waals surface area contributed by atoms with Gasteiger partial charge in [-0.05, 0) is 61.6 Å². The lowest BCUT2D eigenvalue weighted by Gasteiger charge is -2.37. The maximum absolute atomic E-state index is 13.8. The molecule has 0 saturated carbocycles. The number of methoxy groups -OCH3 is 3. The number of carbonyl (C=O) groups is 2. The molecule has 0 saturated heterocycles. The van der Waals surface area contributed by atoms with Crippen LogP contribution in [-0.4, -0.2) is 58.0 Å². The third-order valence-corrected chi connectivity index (χ3v) is 7.13. The molecule has 39 heavy (non-hydrogen) atoms. The first-order valence-electron chi connectivity index (χ1n) is 12.9. The van der Waals surface area contributed by atoms with E-state index < -0.39 is 11.9 Å². The highest BCUT2D eigenvalue weighted by molar-refractivity contribution is 6.04. The SMILES string of the molecule is CCOCCOC(=O)C1=C(C)NC2=C(C(=O)C[C@H](c3ccc(OC)c(OC)c3)C2)[C@@H]1c1ccc(OC)c(O)c1. The van der Waals surface area contributed by atoms with Gasteiger partial charge in [-0.3, -0.25) is 4.79 Å². The number of hydrogen-bond acceptors (Lipinski definition) is 9. The number of esters is 1. The van der Waals surface area contributed by atoms with Crippen molar-refractivity contribution in [2.45, 2.75) is 38.5 Å². The maximum atomic E-state index is 13.8. The second-order valence-electron chi connectivity index (χ2n) is 9.40. The predicted octanol–water partition coefficient (Wildman–Crippen LogP) is 4.36. The average molecular weight is 538 g/mol. The van der Waals surface area contributed by atoms with E-state index >= 15 is 0 Å². The van der Waals surface area contributed by atoms with Crippen LogP contribution < -0.4 is 19.5 Å². The van der Waals surface area contributed by atoms with Gasteiger partial charge in [-0.25, -0.2) is 4.79 Å². The number of nitrogens with one attached hydrogen (secondary N) is 1. The number of aromatic hydroxyl groups is 1. The molecule has 0 unspecified atom stereocenters. The molecule has 2 aromatic rings. The molecule has 9 nitrogen and oxygen atoms in total. The molecule has 2 atom stereocenters. The van der Waals surface area contributed by atoms with E-state index in [2.05, 4.69) is 5.32 Å². The molecule has 2 aliphatic rings. The summed E-state index contributed by atoms with van der Waals surface area (Å²) in [4.78, 5) is 27.2. The monoisotopic (exact) mass is 537 g/mol. The molecular formula is C30H35NO8. The van der Waals surface area contributed by atoms with Gasteiger partial charge in [0.2, 0.25) is 0 Å². The van der Waals surface area contributed by atoms with E-state index in [1.54, 1.807) is 33.3 Å². The summed E-state index contributed by atoms with van der Waals surface area (Å²) in [6.07, 6.45) is 0.805. The number of hydrogen-bond donors (Lipinski definition) is 2. The summed E-state index contributed by atoms with van der Waals surface area (Å²) in [6, 6.07) is 10.6. The topological polar surface area (TPSA) is 113 Å². The molecule has 0 aromatic heterocycles. The zero-order valence-electron chi connectivity index (χ0n) is 23.0. The van der Waals surface area contributed by atoms with Crippen molar-refractivity contribution in [3.05, 3.63) is 70.1 Å². The minimum atomic E-state index is -0.712. The van der Waals surface area contributed by atoms with Gasteiger partial charge in [-0.1, -0.05) is 12.1 Å². The van der Waals surface area contributed by atoms with E-state index in [1.807, 2.05) is 25.1 Å². The minimum absolute atomic E-state index is 0.0798. The number of Topliss-reactive ketones (excluding diaryl/α,β-unsaturated/α-hetero) is 1. The molecule has 2 aromatic carbocycles. The van der Waals surface area contributed by atoms with Crippen LogP contribution in [0.3, 0.4) is 0 Å². The van der Waals surface area contributed by atoms with Gasteiger partial charge in [-0.2, -0.15) is 0 Å². The average Bonchev–Trinajstić information content (AvgIpc) is 2.93. The molecule has 1 aliphatic heterocycles. The number of ether oxygens (including phenoxy) is 5. The Morgan fingerprint density at radius 3 is 2.31 bits per heavy atom. The van der Waals surface area contributed by atoms with Gasteiger partial charge in [0.1, 0.15) is 6.61 Å². The van der Waals surface area contributed by atoms with Crippen LogP contribution in [0.15, 0.2) is 58.9 Å². The van der Waals surface area contributed by atoms with Gasteiger partial charge in [-0.15, -0.1) is 0 Å². The number of phenols is 1. The van der Waals surface area contributed by atoms with Crippen LogP contribution in [-0.2, 0) is 19.1 Å². The molecule has 4 rings (SSSR count). The van der Waals surface area contributed by atoms with Crippen LogP contribution >= 0.6 is 0 Å². The number of ketones is 1. The van der Waals surface area contributed by atoms with Gasteiger partial charge in [0, 0.05) is 35.9 Å². The van der Waals surface area contributed by atoms with Crippen molar-refractivity contribution >= 4 is 11.8 Å². The molecular weight excluding hydrogens is 502 g/mol. The van der Waals surface area contributed by atoms with Crippen LogP contribution in [0, 0.1) is 0 Å². The summed E-state index contributed by atoms with van der Waals surface area (Å²) in [7, 11) is 4.62. The second-order valence-corrected chi connectivity index (χ2v) is 9.40. The summed E-state index contributed by atoms with van der Waals surface area (Å²) in [5.41, 5.74) is 3.71. The quantitative estimate of drug-likeness (QED) is 0.337. The highest BCUT2D eigenvalue weighted by Crippen LogP contribution is 2.47. The van der Waals surface area contributed by atoms with Crippen molar-refractivity contribution < 1.29 is 38.4 Å². The summed E-state index contributed by atoms with van der Waals surface area (Å²) >= 11 is 0. The Hall–Kier alpha value is -3.98. The Labute approximate surface area is 228 Å². The number of carbonyl (C=O) groups excluding carboxylic acids is 2. The summed E-state index contributed by atoms with van der Waals surface area (Å²) in [6.45, 7) is 4.54. The van der Waals surface area contributed by atoms with Gasteiger partial charge >= 0.3 is 5.97 Å². The Morgan fingerprint density at radius 2 is 1.64 bits per heavy atom. The largest absolute Gasteiger partial charge is 0.504 e. The molecule has 0 fully saturated rings. The summed E-state index contributed by atoms with van der Waals surface area (Å²) in [5.74, 6) is -0.00566. The molecule has 208 valence electrons. The first-order valence-corrected chi connectivity index (χ1v) is 12.9. The van der Waals surface area contributed by atoms with Crippen molar-refractivity contribution in [3.8, 4) is 23.0 Å².